The fourth-order valence-corrected chi connectivity index (χ4v) is 5.09. The first-order chi connectivity index (χ1) is 16.6. The van der Waals surface area contributed by atoms with Crippen LogP contribution in [0.5, 0.6) is 5.75 Å². The molecule has 11 heteroatoms. The molecule has 186 valence electrons. The van der Waals surface area contributed by atoms with E-state index in [2.05, 4.69) is 9.71 Å². The number of nitrogens with zero attached hydrogens (tertiary/aromatic N) is 1. The third-order valence-corrected chi connectivity index (χ3v) is 7.06. The van der Waals surface area contributed by atoms with E-state index in [1.54, 1.807) is 6.07 Å². The minimum absolute atomic E-state index is 0.116. The second-order valence-electron chi connectivity index (χ2n) is 7.99. The molecule has 1 N–H and O–H groups in total. The summed E-state index contributed by atoms with van der Waals surface area (Å²) in [6.45, 7) is 0.506. The zero-order valence-electron chi connectivity index (χ0n) is 18.6. The highest BCUT2D eigenvalue weighted by atomic mass is 32.2. The molecule has 1 unspecified atom stereocenters. The summed E-state index contributed by atoms with van der Waals surface area (Å²) in [6.07, 6.45) is -3.67. The molecule has 2 heterocycles. The van der Waals surface area contributed by atoms with Gasteiger partial charge in [0, 0.05) is 24.7 Å². The van der Waals surface area contributed by atoms with Gasteiger partial charge in [0.2, 0.25) is 5.95 Å². The lowest BCUT2D eigenvalue weighted by atomic mass is 9.83. The maximum Gasteiger partial charge on any atom is 0.416 e. The summed E-state index contributed by atoms with van der Waals surface area (Å²) < 4.78 is 91.9. The van der Waals surface area contributed by atoms with Crippen LogP contribution in [0, 0.1) is 5.95 Å². The van der Waals surface area contributed by atoms with E-state index in [4.69, 9.17) is 9.47 Å². The summed E-state index contributed by atoms with van der Waals surface area (Å²) in [7, 11) is -2.61. The number of halogens is 4. The Bertz CT molecular complexity index is 1330. The van der Waals surface area contributed by atoms with Crippen molar-refractivity contribution in [1.29, 1.82) is 0 Å². The van der Waals surface area contributed by atoms with Crippen molar-refractivity contribution in [2.75, 3.05) is 25.0 Å². The zero-order chi connectivity index (χ0) is 25.2. The van der Waals surface area contributed by atoms with Crippen LogP contribution in [0.25, 0.3) is 0 Å². The van der Waals surface area contributed by atoms with E-state index in [1.807, 2.05) is 0 Å². The topological polar surface area (TPSA) is 77.5 Å². The van der Waals surface area contributed by atoms with Crippen LogP contribution in [0.15, 0.2) is 59.5 Å². The maximum atomic E-state index is 13.3. The van der Waals surface area contributed by atoms with Crippen LogP contribution in [0.1, 0.15) is 34.6 Å². The van der Waals surface area contributed by atoms with Gasteiger partial charge >= 0.3 is 6.18 Å². The third kappa shape index (κ3) is 5.57. The van der Waals surface area contributed by atoms with Gasteiger partial charge in [-0.2, -0.15) is 17.6 Å². The van der Waals surface area contributed by atoms with Crippen molar-refractivity contribution in [2.45, 2.75) is 29.8 Å². The highest BCUT2D eigenvalue weighted by molar-refractivity contribution is 7.92. The predicted molar refractivity (Wildman–Crippen MR) is 120 cm³/mol. The lowest BCUT2D eigenvalue weighted by molar-refractivity contribution is -0.137. The number of fused-ring (bicyclic) bond motifs is 1. The van der Waals surface area contributed by atoms with E-state index in [9.17, 15) is 26.0 Å². The van der Waals surface area contributed by atoms with Gasteiger partial charge in [-0.25, -0.2) is 13.4 Å². The van der Waals surface area contributed by atoms with E-state index < -0.39 is 27.7 Å². The van der Waals surface area contributed by atoms with Crippen LogP contribution < -0.4 is 9.46 Å². The lowest BCUT2D eigenvalue weighted by Gasteiger charge is -2.29. The zero-order valence-corrected chi connectivity index (χ0v) is 19.4. The molecule has 0 radical (unpaired) electrons. The largest absolute Gasteiger partial charge is 0.493 e. The second-order valence-corrected chi connectivity index (χ2v) is 9.68. The van der Waals surface area contributed by atoms with Crippen LogP contribution in [0.4, 0.5) is 23.4 Å². The van der Waals surface area contributed by atoms with E-state index in [-0.39, 0.29) is 29.8 Å². The van der Waals surface area contributed by atoms with Crippen molar-refractivity contribution >= 4 is 15.8 Å². The molecule has 0 aliphatic carbocycles. The molecule has 4 rings (SSSR count). The first kappa shape index (κ1) is 24.9. The van der Waals surface area contributed by atoms with Crippen LogP contribution in [-0.4, -0.2) is 33.7 Å². The number of pyridine rings is 1. The molecule has 1 atom stereocenters. The van der Waals surface area contributed by atoms with Crippen LogP contribution in [0.3, 0.4) is 0 Å². The van der Waals surface area contributed by atoms with Gasteiger partial charge < -0.3 is 9.47 Å². The number of aromatic nitrogens is 1. The number of anilines is 1. The molecule has 0 fully saturated rings. The normalized spacial score (nSPS) is 15.9. The van der Waals surface area contributed by atoms with Gasteiger partial charge in [-0.15, -0.1) is 0 Å². The molecule has 6 nitrogen and oxygen atoms in total. The van der Waals surface area contributed by atoms with Crippen molar-refractivity contribution in [3.63, 3.8) is 0 Å². The highest BCUT2D eigenvalue weighted by Gasteiger charge is 2.33. The average Bonchev–Trinajstić information content (AvgIpc) is 2.81. The minimum atomic E-state index is -4.47. The Morgan fingerprint density at radius 1 is 1.11 bits per heavy atom. The van der Waals surface area contributed by atoms with E-state index >= 15 is 0 Å². The maximum absolute atomic E-state index is 13.3. The first-order valence-corrected chi connectivity index (χ1v) is 12.2. The Hall–Kier alpha value is -3.18. The quantitative estimate of drug-likeness (QED) is 0.352. The number of alkyl halides is 3. The van der Waals surface area contributed by atoms with Crippen molar-refractivity contribution in [3.8, 4) is 5.75 Å². The number of hydrogen-bond acceptors (Lipinski definition) is 5. The third-order valence-electron chi connectivity index (χ3n) is 5.71. The predicted octanol–water partition coefficient (Wildman–Crippen LogP) is 5.14. The Labute approximate surface area is 200 Å². The van der Waals surface area contributed by atoms with Gasteiger partial charge in [0.05, 0.1) is 23.7 Å². The summed E-state index contributed by atoms with van der Waals surface area (Å²) in [4.78, 5) is 3.39. The minimum Gasteiger partial charge on any atom is -0.493 e. The van der Waals surface area contributed by atoms with Crippen LogP contribution in [-0.2, 0) is 27.4 Å². The fraction of sp³-hybridized carbons (Fsp3) is 0.292. The molecule has 0 saturated heterocycles. The molecule has 1 aliphatic heterocycles. The smallest absolute Gasteiger partial charge is 0.416 e. The molecule has 0 amide bonds. The summed E-state index contributed by atoms with van der Waals surface area (Å²) >= 11 is 0. The molecule has 1 aliphatic rings. The van der Waals surface area contributed by atoms with Gasteiger partial charge in [0.25, 0.3) is 10.0 Å². The van der Waals surface area contributed by atoms with Gasteiger partial charge in [0.1, 0.15) is 11.6 Å². The van der Waals surface area contributed by atoms with Crippen molar-refractivity contribution in [3.05, 3.63) is 82.8 Å². The molecular formula is C24H22F4N2O4S. The first-order valence-electron chi connectivity index (χ1n) is 10.7. The summed E-state index contributed by atoms with van der Waals surface area (Å²) in [5.41, 5.74) is 1.14. The molecule has 2 aromatic carbocycles. The van der Waals surface area contributed by atoms with Crippen molar-refractivity contribution in [1.82, 2.24) is 4.98 Å². The van der Waals surface area contributed by atoms with Crippen LogP contribution in [0.2, 0.25) is 0 Å². The fourth-order valence-electron chi connectivity index (χ4n) is 4.07. The number of nitrogens with one attached hydrogen (secondary N) is 1. The SMILES string of the molecule is COCCc1cc(C(F)(F)F)ccc1C1CCOc2cc(S(=O)(=O)Nc3cccc(F)n3)ccc21. The van der Waals surface area contributed by atoms with E-state index in [0.29, 0.717) is 35.3 Å². The molecule has 1 aromatic heterocycles. The Balaban J connectivity index is 1.68. The number of sulfonamides is 1. The monoisotopic (exact) mass is 510 g/mol. The standard InChI is InChI=1S/C24H22F4N2O4S/c1-33-11-9-15-13-16(24(26,27)28)5-7-18(15)19-10-12-34-21-14-17(6-8-20(19)21)35(31,32)30-23-4-2-3-22(25)29-23/h2-8,13-14,19H,9-12H2,1H3,(H,29,30). The van der Waals surface area contributed by atoms with Crippen molar-refractivity contribution in [2.24, 2.45) is 0 Å². The van der Waals surface area contributed by atoms with Gasteiger partial charge in [-0.3, -0.25) is 4.72 Å². The molecule has 35 heavy (non-hydrogen) atoms. The number of rotatable bonds is 7. The number of benzene rings is 2. The van der Waals surface area contributed by atoms with E-state index in [0.717, 1.165) is 18.2 Å². The average molecular weight is 511 g/mol. The Morgan fingerprint density at radius 2 is 1.89 bits per heavy atom. The molecule has 0 saturated carbocycles. The summed E-state index contributed by atoms with van der Waals surface area (Å²) in [5, 5.41) is 0. The summed E-state index contributed by atoms with van der Waals surface area (Å²) in [5.74, 6) is -0.979. The molecule has 0 bridgehead atoms. The Morgan fingerprint density at radius 3 is 2.60 bits per heavy atom. The highest BCUT2D eigenvalue weighted by Crippen LogP contribution is 2.42. The molecule has 0 spiro atoms. The summed E-state index contributed by atoms with van der Waals surface area (Å²) in [6, 6.07) is 11.7. The molecule has 3 aromatic rings. The van der Waals surface area contributed by atoms with Gasteiger partial charge in [0.15, 0.2) is 0 Å². The molecular weight excluding hydrogens is 488 g/mol. The van der Waals surface area contributed by atoms with Crippen LogP contribution >= 0.6 is 0 Å². The van der Waals surface area contributed by atoms with Gasteiger partial charge in [-0.05, 0) is 54.3 Å². The number of methoxy groups -OCH3 is 1. The van der Waals surface area contributed by atoms with Gasteiger partial charge in [-0.1, -0.05) is 18.2 Å². The van der Waals surface area contributed by atoms with Crippen molar-refractivity contribution < 1.29 is 35.5 Å². The van der Waals surface area contributed by atoms with E-state index in [1.165, 1.54) is 37.4 Å². The second kappa shape index (κ2) is 9.82. The lowest BCUT2D eigenvalue weighted by Crippen LogP contribution is -2.19. The Kier molecular flexibility index (Phi) is 7.00. The number of ether oxygens (including phenoxy) is 2. The number of hydrogen-bond donors (Lipinski definition) is 1.